The van der Waals surface area contributed by atoms with Gasteiger partial charge in [0.15, 0.2) is 17.1 Å². The Kier molecular flexibility index (Phi) is 5.08. The molecule has 1 unspecified atom stereocenters. The molecule has 0 saturated carbocycles. The molecule has 0 bridgehead atoms. The van der Waals surface area contributed by atoms with Gasteiger partial charge in [0.2, 0.25) is 11.8 Å². The molecule has 5 rings (SSSR count). The lowest BCUT2D eigenvalue weighted by atomic mass is 10.0. The average molecular weight is 447 g/mol. The molecule has 168 valence electrons. The highest BCUT2D eigenvalue weighted by molar-refractivity contribution is 6.05. The average Bonchev–Trinajstić information content (AvgIpc) is 3.39. The van der Waals surface area contributed by atoms with Crippen molar-refractivity contribution in [2.75, 3.05) is 7.11 Å². The van der Waals surface area contributed by atoms with Crippen LogP contribution >= 0.6 is 0 Å². The van der Waals surface area contributed by atoms with Crippen LogP contribution in [-0.4, -0.2) is 41.7 Å². The van der Waals surface area contributed by atoms with Gasteiger partial charge >= 0.3 is 0 Å². The van der Waals surface area contributed by atoms with Gasteiger partial charge in [-0.3, -0.25) is 24.5 Å². The number of nitrogens with one attached hydrogen (secondary N) is 2. The third-order valence-electron chi connectivity index (χ3n) is 5.99. The van der Waals surface area contributed by atoms with E-state index in [1.165, 1.54) is 12.0 Å². The van der Waals surface area contributed by atoms with Gasteiger partial charge in [-0.25, -0.2) is 0 Å². The second-order valence-electron chi connectivity index (χ2n) is 8.06. The summed E-state index contributed by atoms with van der Waals surface area (Å²) in [6.07, 6.45) is 0.525. The highest BCUT2D eigenvalue weighted by Gasteiger charge is 2.39. The Hall–Kier alpha value is -4.14. The van der Waals surface area contributed by atoms with E-state index in [4.69, 9.17) is 9.15 Å². The van der Waals surface area contributed by atoms with Crippen LogP contribution in [0.25, 0.3) is 11.0 Å². The molecule has 1 aromatic heterocycles. The van der Waals surface area contributed by atoms with Gasteiger partial charge < -0.3 is 19.4 Å². The molecule has 2 aromatic carbocycles. The highest BCUT2D eigenvalue weighted by Crippen LogP contribution is 2.29. The van der Waals surface area contributed by atoms with E-state index < -0.39 is 11.9 Å². The predicted molar refractivity (Wildman–Crippen MR) is 116 cm³/mol. The number of piperidine rings is 1. The predicted octanol–water partition coefficient (Wildman–Crippen LogP) is 2.13. The van der Waals surface area contributed by atoms with Gasteiger partial charge in [0.25, 0.3) is 11.8 Å². The lowest BCUT2D eigenvalue weighted by molar-refractivity contribution is -0.136. The number of carbonyl (C=O) groups is 4. The van der Waals surface area contributed by atoms with Crippen molar-refractivity contribution in [2.45, 2.75) is 32.0 Å². The summed E-state index contributed by atoms with van der Waals surface area (Å²) in [5, 5.41) is 5.89. The smallest absolute Gasteiger partial charge is 0.287 e. The van der Waals surface area contributed by atoms with Crippen LogP contribution in [-0.2, 0) is 22.7 Å². The zero-order chi connectivity index (χ0) is 23.1. The second kappa shape index (κ2) is 8.09. The molecular formula is C24H21N3O6. The van der Waals surface area contributed by atoms with Crippen molar-refractivity contribution in [2.24, 2.45) is 0 Å². The summed E-state index contributed by atoms with van der Waals surface area (Å²) in [5.41, 5.74) is 2.63. The Balaban J connectivity index is 1.27. The molecule has 2 aliphatic heterocycles. The number of hydrogen-bond acceptors (Lipinski definition) is 6. The summed E-state index contributed by atoms with van der Waals surface area (Å²) in [4.78, 5) is 50.5. The maximum Gasteiger partial charge on any atom is 0.287 e. The monoisotopic (exact) mass is 447 g/mol. The molecule has 3 aromatic rings. The largest absolute Gasteiger partial charge is 0.493 e. The number of amides is 4. The van der Waals surface area contributed by atoms with E-state index in [9.17, 15) is 19.2 Å². The van der Waals surface area contributed by atoms with Crippen LogP contribution in [0.4, 0.5) is 0 Å². The Morgan fingerprint density at radius 2 is 2.06 bits per heavy atom. The molecule has 0 spiro atoms. The first kappa shape index (κ1) is 20.7. The SMILES string of the molecule is COc1cccc2cc(C(=O)NCc3ccc4c(c3)CN(C3CCC(=O)NC3=O)C4=O)oc12. The first-order chi connectivity index (χ1) is 15.9. The molecule has 9 nitrogen and oxygen atoms in total. The number of furan rings is 1. The van der Waals surface area contributed by atoms with Gasteiger partial charge in [-0.2, -0.15) is 0 Å². The van der Waals surface area contributed by atoms with E-state index in [1.807, 2.05) is 18.2 Å². The summed E-state index contributed by atoms with van der Waals surface area (Å²) in [6, 6.07) is 11.7. The van der Waals surface area contributed by atoms with Gasteiger partial charge in [-0.15, -0.1) is 0 Å². The Bertz CT molecular complexity index is 1310. The summed E-state index contributed by atoms with van der Waals surface area (Å²) < 4.78 is 10.9. The Labute approximate surface area is 188 Å². The first-order valence-electron chi connectivity index (χ1n) is 10.6. The summed E-state index contributed by atoms with van der Waals surface area (Å²) in [5.74, 6) is -0.629. The molecule has 4 amide bonds. The third-order valence-corrected chi connectivity index (χ3v) is 5.99. The summed E-state index contributed by atoms with van der Waals surface area (Å²) in [6.45, 7) is 0.526. The van der Waals surface area contributed by atoms with Gasteiger partial charge in [0.1, 0.15) is 6.04 Å². The molecule has 3 heterocycles. The summed E-state index contributed by atoms with van der Waals surface area (Å²) in [7, 11) is 1.54. The van der Waals surface area contributed by atoms with Crippen molar-refractivity contribution in [3.05, 3.63) is 64.9 Å². The summed E-state index contributed by atoms with van der Waals surface area (Å²) >= 11 is 0. The minimum Gasteiger partial charge on any atom is -0.493 e. The van der Waals surface area contributed by atoms with E-state index in [1.54, 1.807) is 24.3 Å². The lowest BCUT2D eigenvalue weighted by Crippen LogP contribution is -2.52. The number of ether oxygens (including phenoxy) is 1. The van der Waals surface area contributed by atoms with Crippen LogP contribution < -0.4 is 15.4 Å². The van der Waals surface area contributed by atoms with Gasteiger partial charge in [0.05, 0.1) is 7.11 Å². The number of hydrogen-bond donors (Lipinski definition) is 2. The standard InChI is InChI=1S/C24H21N3O6/c1-32-18-4-2-3-14-10-19(33-21(14)18)23(30)25-11-13-5-6-16-15(9-13)12-27(24(16)31)17-7-8-20(28)26-22(17)29/h2-6,9-10,17H,7-8,11-12H2,1H3,(H,25,30)(H,26,28,29). The van der Waals surface area contributed by atoms with Gasteiger partial charge in [-0.05, 0) is 35.7 Å². The number of fused-ring (bicyclic) bond motifs is 2. The van der Waals surface area contributed by atoms with Crippen LogP contribution in [0.5, 0.6) is 5.75 Å². The van der Waals surface area contributed by atoms with Crippen LogP contribution in [0, 0.1) is 0 Å². The normalized spacial score (nSPS) is 17.8. The molecule has 2 N–H and O–H groups in total. The maximum atomic E-state index is 12.8. The van der Waals surface area contributed by atoms with Crippen LogP contribution in [0.3, 0.4) is 0 Å². The van der Waals surface area contributed by atoms with E-state index in [0.29, 0.717) is 23.3 Å². The number of nitrogens with zero attached hydrogens (tertiary/aromatic N) is 1. The highest BCUT2D eigenvalue weighted by atomic mass is 16.5. The van der Waals surface area contributed by atoms with Crippen LogP contribution in [0.15, 0.2) is 46.9 Å². The Morgan fingerprint density at radius 1 is 1.21 bits per heavy atom. The second-order valence-corrected chi connectivity index (χ2v) is 8.06. The number of para-hydroxylation sites is 1. The third kappa shape index (κ3) is 3.71. The number of imide groups is 1. The number of methoxy groups -OCH3 is 1. The van der Waals surface area contributed by atoms with E-state index >= 15 is 0 Å². The molecule has 2 aliphatic rings. The van der Waals surface area contributed by atoms with E-state index in [0.717, 1.165) is 16.5 Å². The van der Waals surface area contributed by atoms with Crippen molar-refractivity contribution >= 4 is 34.6 Å². The van der Waals surface area contributed by atoms with E-state index in [2.05, 4.69) is 10.6 Å². The molecule has 33 heavy (non-hydrogen) atoms. The molecule has 9 heteroatoms. The molecule has 1 atom stereocenters. The Morgan fingerprint density at radius 3 is 2.85 bits per heavy atom. The first-order valence-corrected chi connectivity index (χ1v) is 10.6. The quantitative estimate of drug-likeness (QED) is 0.579. The maximum absolute atomic E-state index is 12.8. The van der Waals surface area contributed by atoms with Crippen molar-refractivity contribution in [1.82, 2.24) is 15.5 Å². The molecule has 1 fully saturated rings. The number of carbonyl (C=O) groups excluding carboxylic acids is 4. The lowest BCUT2D eigenvalue weighted by Gasteiger charge is -2.29. The molecule has 1 saturated heterocycles. The minimum absolute atomic E-state index is 0.176. The number of benzene rings is 2. The fourth-order valence-corrected chi connectivity index (χ4v) is 4.32. The zero-order valence-corrected chi connectivity index (χ0v) is 17.8. The van der Waals surface area contributed by atoms with E-state index in [-0.39, 0.29) is 43.0 Å². The van der Waals surface area contributed by atoms with Crippen molar-refractivity contribution in [3.8, 4) is 5.75 Å². The van der Waals surface area contributed by atoms with Crippen LogP contribution in [0.1, 0.15) is 44.9 Å². The fraction of sp³-hybridized carbons (Fsp3) is 0.250. The van der Waals surface area contributed by atoms with Gasteiger partial charge in [0, 0.05) is 30.5 Å². The molecule has 0 radical (unpaired) electrons. The molecule has 0 aliphatic carbocycles. The zero-order valence-electron chi connectivity index (χ0n) is 17.8. The molecular weight excluding hydrogens is 426 g/mol. The minimum atomic E-state index is -0.657. The van der Waals surface area contributed by atoms with Crippen molar-refractivity contribution in [3.63, 3.8) is 0 Å². The topological polar surface area (TPSA) is 118 Å². The van der Waals surface area contributed by atoms with Crippen molar-refractivity contribution < 1.29 is 28.3 Å². The van der Waals surface area contributed by atoms with Crippen molar-refractivity contribution in [1.29, 1.82) is 0 Å². The fourth-order valence-electron chi connectivity index (χ4n) is 4.32. The van der Waals surface area contributed by atoms with Gasteiger partial charge in [-0.1, -0.05) is 24.3 Å². The van der Waals surface area contributed by atoms with Crippen LogP contribution in [0.2, 0.25) is 0 Å². The number of rotatable bonds is 5.